The zero-order valence-corrected chi connectivity index (χ0v) is 25.6. The molecule has 0 saturated carbocycles. The molecule has 9 rings (SSSR count). The Morgan fingerprint density at radius 1 is 0.347 bits per heavy atom. The van der Waals surface area contributed by atoms with Gasteiger partial charge in [-0.05, 0) is 57.6 Å². The van der Waals surface area contributed by atoms with Gasteiger partial charge in [-0.25, -0.2) is 15.0 Å². The highest BCUT2D eigenvalue weighted by atomic mass is 16.3. The molecule has 0 aliphatic heterocycles. The van der Waals surface area contributed by atoms with Gasteiger partial charge in [0.1, 0.15) is 11.2 Å². The van der Waals surface area contributed by atoms with Crippen molar-refractivity contribution in [2.75, 3.05) is 0 Å². The maximum absolute atomic E-state index is 9.54. The minimum absolute atomic E-state index is 0.174. The van der Waals surface area contributed by atoms with Crippen LogP contribution >= 0.6 is 0 Å². The van der Waals surface area contributed by atoms with Gasteiger partial charge in [-0.15, -0.1) is 0 Å². The molecule has 0 bridgehead atoms. The molecule has 7 aromatic carbocycles. The van der Waals surface area contributed by atoms with E-state index in [0.717, 1.165) is 22.3 Å². The molecular formula is C45H29N3O. The van der Waals surface area contributed by atoms with Crippen LogP contribution in [0.1, 0.15) is 15.1 Å². The second kappa shape index (κ2) is 12.2. The van der Waals surface area contributed by atoms with Gasteiger partial charge in [-0.1, -0.05) is 151 Å². The summed E-state index contributed by atoms with van der Waals surface area (Å²) in [5.74, 6) is 0.215. The van der Waals surface area contributed by atoms with Crippen LogP contribution < -0.4 is 0 Å². The van der Waals surface area contributed by atoms with Crippen LogP contribution in [0.2, 0.25) is 0 Å². The third-order valence-electron chi connectivity index (χ3n) is 8.12. The Bertz CT molecular complexity index is 3090. The zero-order chi connectivity index (χ0) is 42.1. The molecule has 0 atom stereocenters. The second-order valence-electron chi connectivity index (χ2n) is 11.2. The number of furan rings is 1. The number of rotatable bonds is 6. The number of para-hydroxylation sites is 1. The van der Waals surface area contributed by atoms with E-state index < -0.39 is 77.6 Å². The van der Waals surface area contributed by atoms with Crippen LogP contribution in [-0.4, -0.2) is 15.0 Å². The molecule has 0 fully saturated rings. The molecule has 0 unspecified atom stereocenters. The second-order valence-corrected chi connectivity index (χ2v) is 11.2. The monoisotopic (exact) mass is 638 g/mol. The first-order valence-corrected chi connectivity index (χ1v) is 15.5. The Morgan fingerprint density at radius 2 is 0.816 bits per heavy atom. The van der Waals surface area contributed by atoms with Crippen molar-refractivity contribution in [3.05, 3.63) is 176 Å². The van der Waals surface area contributed by atoms with Gasteiger partial charge in [0.2, 0.25) is 0 Å². The largest absolute Gasteiger partial charge is 0.456 e. The molecule has 0 aliphatic rings. The van der Waals surface area contributed by atoms with Gasteiger partial charge >= 0.3 is 0 Å². The molecule has 0 N–H and O–H groups in total. The van der Waals surface area contributed by atoms with Crippen molar-refractivity contribution in [3.8, 4) is 67.5 Å². The van der Waals surface area contributed by atoms with E-state index in [9.17, 15) is 2.74 Å². The van der Waals surface area contributed by atoms with Crippen molar-refractivity contribution in [1.82, 2.24) is 15.0 Å². The molecule has 4 heteroatoms. The first-order valence-electron chi connectivity index (χ1n) is 21.0. The molecule has 0 radical (unpaired) electrons. The fourth-order valence-electron chi connectivity index (χ4n) is 5.64. The normalized spacial score (nSPS) is 14.4. The fraction of sp³-hybridized carbons (Fsp3) is 0. The molecule has 0 amide bonds. The lowest BCUT2D eigenvalue weighted by Gasteiger charge is -2.11. The molecule has 2 aromatic heterocycles. The van der Waals surface area contributed by atoms with Gasteiger partial charge in [0.25, 0.3) is 0 Å². The Morgan fingerprint density at radius 3 is 1.43 bits per heavy atom. The smallest absolute Gasteiger partial charge is 0.164 e. The van der Waals surface area contributed by atoms with E-state index in [4.69, 9.17) is 31.7 Å². The van der Waals surface area contributed by atoms with E-state index in [1.165, 1.54) is 0 Å². The van der Waals surface area contributed by atoms with E-state index in [-0.39, 0.29) is 45.0 Å². The van der Waals surface area contributed by atoms with E-state index >= 15 is 0 Å². The molecular weight excluding hydrogens is 599 g/mol. The van der Waals surface area contributed by atoms with Gasteiger partial charge in [-0.2, -0.15) is 0 Å². The topological polar surface area (TPSA) is 51.8 Å². The predicted molar refractivity (Wildman–Crippen MR) is 200 cm³/mol. The summed E-state index contributed by atoms with van der Waals surface area (Å²) >= 11 is 0. The summed E-state index contributed by atoms with van der Waals surface area (Å²) in [6.45, 7) is 0. The predicted octanol–water partition coefficient (Wildman–Crippen LogP) is 11.8. The molecule has 0 aliphatic carbocycles. The average molecular weight is 639 g/mol. The van der Waals surface area contributed by atoms with Crippen LogP contribution in [0, 0.1) is 0 Å². The van der Waals surface area contributed by atoms with Gasteiger partial charge in [0.05, 0.1) is 15.1 Å². The van der Waals surface area contributed by atoms with Crippen LogP contribution in [0.25, 0.3) is 89.5 Å². The van der Waals surface area contributed by atoms with E-state index in [0.29, 0.717) is 11.1 Å². The Hall–Kier alpha value is -6.65. The van der Waals surface area contributed by atoms with Crippen LogP contribution in [0.3, 0.4) is 0 Å². The Balaban J connectivity index is 1.28. The lowest BCUT2D eigenvalue weighted by Crippen LogP contribution is -2.00. The van der Waals surface area contributed by atoms with Crippen LogP contribution in [-0.2, 0) is 0 Å². The highest BCUT2D eigenvalue weighted by molar-refractivity contribution is 6.06. The number of hydrogen-bond acceptors (Lipinski definition) is 4. The molecule has 0 spiro atoms. The number of fused-ring (bicyclic) bond motifs is 3. The Labute approximate surface area is 299 Å². The minimum atomic E-state index is -0.660. The molecule has 9 aromatic rings. The maximum Gasteiger partial charge on any atom is 0.164 e. The molecule has 0 saturated heterocycles. The average Bonchev–Trinajstić information content (AvgIpc) is 3.69. The zero-order valence-electron chi connectivity index (χ0n) is 36.6. The number of benzene rings is 7. The third kappa shape index (κ3) is 5.56. The standard InChI is InChI=1S/C45H29N3O/c1-3-10-30(11-4-1)32-18-22-34(23-19-32)43-46-44(35-24-20-33(21-25-35)31-12-5-2-6-13-31)48-45(47-43)38-15-9-14-36(28-38)37-26-27-42-40(29-37)39-16-7-8-17-41(39)49-42/h1-29H/i7D,8D,9D,14D,15D,16D,17D,26D,27D,28D,29D. The van der Waals surface area contributed by atoms with Crippen LogP contribution in [0.4, 0.5) is 0 Å². The third-order valence-corrected chi connectivity index (χ3v) is 8.12. The van der Waals surface area contributed by atoms with Gasteiger partial charge < -0.3 is 4.42 Å². The van der Waals surface area contributed by atoms with Crippen molar-refractivity contribution >= 4 is 21.9 Å². The molecule has 49 heavy (non-hydrogen) atoms. The van der Waals surface area contributed by atoms with Crippen molar-refractivity contribution in [2.24, 2.45) is 0 Å². The summed E-state index contributed by atoms with van der Waals surface area (Å²) < 4.78 is 103. The van der Waals surface area contributed by atoms with Gasteiger partial charge in [0.15, 0.2) is 17.5 Å². The molecule has 4 nitrogen and oxygen atoms in total. The van der Waals surface area contributed by atoms with Crippen molar-refractivity contribution in [2.45, 2.75) is 0 Å². The highest BCUT2D eigenvalue weighted by Crippen LogP contribution is 2.34. The Kier molecular flexibility index (Phi) is 4.78. The first kappa shape index (κ1) is 19.2. The summed E-state index contributed by atoms with van der Waals surface area (Å²) in [7, 11) is 0. The van der Waals surface area contributed by atoms with E-state index in [1.54, 1.807) is 0 Å². The summed E-state index contributed by atoms with van der Waals surface area (Å²) in [6.07, 6.45) is 0. The minimum Gasteiger partial charge on any atom is -0.456 e. The number of aromatic nitrogens is 3. The van der Waals surface area contributed by atoms with Crippen molar-refractivity contribution in [3.63, 3.8) is 0 Å². The molecule has 230 valence electrons. The van der Waals surface area contributed by atoms with Gasteiger partial charge in [-0.3, -0.25) is 0 Å². The lowest BCUT2D eigenvalue weighted by atomic mass is 10.0. The van der Waals surface area contributed by atoms with Gasteiger partial charge in [0, 0.05) is 27.5 Å². The quantitative estimate of drug-likeness (QED) is 0.182. The number of nitrogens with zero attached hydrogens (tertiary/aromatic N) is 3. The highest BCUT2D eigenvalue weighted by Gasteiger charge is 2.15. The van der Waals surface area contributed by atoms with Crippen LogP contribution in [0.15, 0.2) is 180 Å². The summed E-state index contributed by atoms with van der Waals surface area (Å²) in [5, 5.41) is -0.405. The summed E-state index contributed by atoms with van der Waals surface area (Å²) in [4.78, 5) is 14.3. The van der Waals surface area contributed by atoms with E-state index in [1.807, 2.05) is 109 Å². The number of hydrogen-bond donors (Lipinski definition) is 0. The SMILES string of the molecule is [2H]c1c([2H])c(-c2nc(-c3ccc(-c4ccccc4)cc3)nc(-c3ccc(-c4ccccc4)cc3)n2)c([2H])c(-c2c([2H])c([2H])c3oc4c([2H])c([2H])c([2H])c([2H])c4c3c2[2H])c1[2H]. The fourth-order valence-corrected chi connectivity index (χ4v) is 5.64. The van der Waals surface area contributed by atoms with Crippen LogP contribution in [0.5, 0.6) is 0 Å². The van der Waals surface area contributed by atoms with Crippen molar-refractivity contribution < 1.29 is 19.5 Å². The van der Waals surface area contributed by atoms with E-state index in [2.05, 4.69) is 0 Å². The first-order chi connectivity index (χ1) is 28.8. The summed E-state index contributed by atoms with van der Waals surface area (Å²) in [5.41, 5.74) is 3.32. The summed E-state index contributed by atoms with van der Waals surface area (Å²) in [6, 6.07) is 28.2. The molecule has 2 heterocycles. The van der Waals surface area contributed by atoms with Crippen molar-refractivity contribution in [1.29, 1.82) is 0 Å². The maximum atomic E-state index is 9.54. The lowest BCUT2D eigenvalue weighted by molar-refractivity contribution is 0.669.